The normalized spacial score (nSPS) is 18.6. The van der Waals surface area contributed by atoms with E-state index in [4.69, 9.17) is 5.73 Å². The smallest absolute Gasteiger partial charge is 0.227 e. The SMILES string of the molecule is CN(C(=O)Cc1ccccc1N)C(CN1CC[C@H](O)C1)c1ccccc1. The van der Waals surface area contributed by atoms with Crippen molar-refractivity contribution >= 4 is 11.6 Å². The van der Waals surface area contributed by atoms with Crippen LogP contribution in [0.2, 0.25) is 0 Å². The van der Waals surface area contributed by atoms with Crippen molar-refractivity contribution in [3.63, 3.8) is 0 Å². The van der Waals surface area contributed by atoms with Gasteiger partial charge in [0.1, 0.15) is 0 Å². The minimum Gasteiger partial charge on any atom is -0.398 e. The van der Waals surface area contributed by atoms with Crippen LogP contribution in [0.15, 0.2) is 54.6 Å². The van der Waals surface area contributed by atoms with Crippen molar-refractivity contribution in [3.05, 3.63) is 65.7 Å². The van der Waals surface area contributed by atoms with E-state index in [1.54, 1.807) is 0 Å². The molecule has 1 unspecified atom stereocenters. The van der Waals surface area contributed by atoms with Crippen molar-refractivity contribution in [1.82, 2.24) is 9.80 Å². The summed E-state index contributed by atoms with van der Waals surface area (Å²) < 4.78 is 0. The van der Waals surface area contributed by atoms with E-state index in [0.29, 0.717) is 18.8 Å². The largest absolute Gasteiger partial charge is 0.398 e. The molecule has 5 heteroatoms. The Labute approximate surface area is 155 Å². The Balaban J connectivity index is 1.76. The number of rotatable bonds is 6. The number of nitrogens with two attached hydrogens (primary N) is 1. The average Bonchev–Trinajstić information content (AvgIpc) is 3.06. The van der Waals surface area contributed by atoms with Gasteiger partial charge in [0.15, 0.2) is 0 Å². The second-order valence-corrected chi connectivity index (χ2v) is 7.01. The molecule has 138 valence electrons. The van der Waals surface area contributed by atoms with Gasteiger partial charge in [-0.15, -0.1) is 0 Å². The topological polar surface area (TPSA) is 69.8 Å². The van der Waals surface area contributed by atoms with Crippen molar-refractivity contribution in [2.45, 2.75) is 25.0 Å². The number of likely N-dealkylation sites (tertiary alicyclic amines) is 1. The molecule has 2 aromatic carbocycles. The van der Waals surface area contributed by atoms with Crippen LogP contribution in [0.1, 0.15) is 23.6 Å². The minimum atomic E-state index is -0.267. The quantitative estimate of drug-likeness (QED) is 0.780. The maximum atomic E-state index is 12.9. The molecule has 0 saturated carbocycles. The van der Waals surface area contributed by atoms with E-state index in [1.165, 1.54) is 0 Å². The number of aliphatic hydroxyl groups is 1. The molecule has 1 aliphatic rings. The third-order valence-electron chi connectivity index (χ3n) is 5.12. The Morgan fingerprint density at radius 2 is 1.92 bits per heavy atom. The van der Waals surface area contributed by atoms with Gasteiger partial charge in [-0.1, -0.05) is 48.5 Å². The summed E-state index contributed by atoms with van der Waals surface area (Å²) in [5, 5.41) is 9.82. The van der Waals surface area contributed by atoms with E-state index >= 15 is 0 Å². The highest BCUT2D eigenvalue weighted by Gasteiger charge is 2.28. The van der Waals surface area contributed by atoms with Gasteiger partial charge in [-0.3, -0.25) is 9.69 Å². The number of likely N-dealkylation sites (N-methyl/N-ethyl adjacent to an activating group) is 1. The summed E-state index contributed by atoms with van der Waals surface area (Å²) in [5.74, 6) is 0.0384. The summed E-state index contributed by atoms with van der Waals surface area (Å²) in [6, 6.07) is 17.5. The number of nitrogen functional groups attached to an aromatic ring is 1. The average molecular weight is 353 g/mol. The first-order valence-electron chi connectivity index (χ1n) is 9.09. The van der Waals surface area contributed by atoms with E-state index < -0.39 is 0 Å². The third-order valence-corrected chi connectivity index (χ3v) is 5.12. The van der Waals surface area contributed by atoms with Crippen LogP contribution in [0.5, 0.6) is 0 Å². The fraction of sp³-hybridized carbons (Fsp3) is 0.381. The Morgan fingerprint density at radius 1 is 1.23 bits per heavy atom. The molecule has 5 nitrogen and oxygen atoms in total. The number of nitrogens with zero attached hydrogens (tertiary/aromatic N) is 2. The summed E-state index contributed by atoms with van der Waals surface area (Å²) in [4.78, 5) is 17.0. The van der Waals surface area contributed by atoms with Crippen LogP contribution in [-0.2, 0) is 11.2 Å². The number of hydrogen-bond donors (Lipinski definition) is 2. The number of carbonyl (C=O) groups excluding carboxylic acids is 1. The lowest BCUT2D eigenvalue weighted by atomic mass is 10.0. The molecule has 0 radical (unpaired) electrons. The summed E-state index contributed by atoms with van der Waals surface area (Å²) in [6.45, 7) is 2.24. The van der Waals surface area contributed by atoms with Crippen molar-refractivity contribution < 1.29 is 9.90 Å². The van der Waals surface area contributed by atoms with Crippen LogP contribution in [0.3, 0.4) is 0 Å². The Morgan fingerprint density at radius 3 is 2.58 bits per heavy atom. The van der Waals surface area contributed by atoms with E-state index in [-0.39, 0.29) is 24.5 Å². The number of benzene rings is 2. The third kappa shape index (κ3) is 4.42. The van der Waals surface area contributed by atoms with Gasteiger partial charge in [0, 0.05) is 32.4 Å². The van der Waals surface area contributed by atoms with Gasteiger partial charge in [0.05, 0.1) is 18.6 Å². The lowest BCUT2D eigenvalue weighted by Crippen LogP contribution is -2.39. The highest BCUT2D eigenvalue weighted by atomic mass is 16.3. The van der Waals surface area contributed by atoms with Crippen molar-refractivity contribution in [1.29, 1.82) is 0 Å². The van der Waals surface area contributed by atoms with Gasteiger partial charge in [0.25, 0.3) is 0 Å². The molecular weight excluding hydrogens is 326 g/mol. The number of para-hydroxylation sites is 1. The number of carbonyl (C=O) groups is 1. The molecule has 2 atom stereocenters. The second kappa shape index (κ2) is 8.34. The molecule has 0 bridgehead atoms. The monoisotopic (exact) mass is 353 g/mol. The predicted octanol–water partition coefficient (Wildman–Crippen LogP) is 2.08. The fourth-order valence-corrected chi connectivity index (χ4v) is 3.51. The number of anilines is 1. The predicted molar refractivity (Wildman–Crippen MR) is 104 cm³/mol. The number of hydrogen-bond acceptors (Lipinski definition) is 4. The van der Waals surface area contributed by atoms with Crippen LogP contribution in [0.4, 0.5) is 5.69 Å². The van der Waals surface area contributed by atoms with Crippen LogP contribution >= 0.6 is 0 Å². The first-order valence-corrected chi connectivity index (χ1v) is 9.09. The molecule has 3 N–H and O–H groups in total. The molecule has 0 aromatic heterocycles. The maximum Gasteiger partial charge on any atom is 0.227 e. The van der Waals surface area contributed by atoms with E-state index in [9.17, 15) is 9.90 Å². The fourth-order valence-electron chi connectivity index (χ4n) is 3.51. The number of β-amino-alcohol motifs (C(OH)–C–C–N with tert-alkyl or cyclic N) is 1. The Hall–Kier alpha value is -2.37. The molecule has 1 saturated heterocycles. The first-order chi connectivity index (χ1) is 12.5. The van der Waals surface area contributed by atoms with Crippen LogP contribution < -0.4 is 5.73 Å². The lowest BCUT2D eigenvalue weighted by molar-refractivity contribution is -0.131. The van der Waals surface area contributed by atoms with Gasteiger partial charge in [0.2, 0.25) is 5.91 Å². The summed E-state index contributed by atoms with van der Waals surface area (Å²) in [6.07, 6.45) is 0.811. The molecular formula is C21H27N3O2. The zero-order valence-corrected chi connectivity index (χ0v) is 15.2. The van der Waals surface area contributed by atoms with Gasteiger partial charge in [-0.05, 0) is 23.6 Å². The molecule has 0 aliphatic carbocycles. The Kier molecular flexibility index (Phi) is 5.91. The molecule has 2 aromatic rings. The number of aliphatic hydroxyl groups excluding tert-OH is 1. The second-order valence-electron chi connectivity index (χ2n) is 7.01. The molecule has 26 heavy (non-hydrogen) atoms. The Bertz CT molecular complexity index is 735. The zero-order valence-electron chi connectivity index (χ0n) is 15.2. The highest BCUT2D eigenvalue weighted by molar-refractivity contribution is 5.80. The standard InChI is InChI=1S/C21H27N3O2/c1-23(21(26)13-17-9-5-6-10-19(17)22)20(16-7-3-2-4-8-16)15-24-12-11-18(25)14-24/h2-10,18,20,25H,11-15,22H2,1H3/t18-,20?/m0/s1. The molecule has 1 amide bonds. The van der Waals surface area contributed by atoms with Crippen LogP contribution in [0.25, 0.3) is 0 Å². The van der Waals surface area contributed by atoms with Gasteiger partial charge < -0.3 is 15.7 Å². The van der Waals surface area contributed by atoms with Gasteiger partial charge in [-0.25, -0.2) is 0 Å². The number of amides is 1. The van der Waals surface area contributed by atoms with E-state index in [1.807, 2.05) is 54.4 Å². The molecule has 0 spiro atoms. The summed E-state index contributed by atoms with van der Waals surface area (Å²) >= 11 is 0. The van der Waals surface area contributed by atoms with Gasteiger partial charge >= 0.3 is 0 Å². The molecule has 1 fully saturated rings. The lowest BCUT2D eigenvalue weighted by Gasteiger charge is -2.32. The summed E-state index contributed by atoms with van der Waals surface area (Å²) in [5.41, 5.74) is 8.60. The molecule has 1 aliphatic heterocycles. The van der Waals surface area contributed by atoms with E-state index in [2.05, 4.69) is 17.0 Å². The van der Waals surface area contributed by atoms with Crippen LogP contribution in [0, 0.1) is 0 Å². The van der Waals surface area contributed by atoms with E-state index in [0.717, 1.165) is 24.1 Å². The van der Waals surface area contributed by atoms with Crippen molar-refractivity contribution in [2.24, 2.45) is 0 Å². The van der Waals surface area contributed by atoms with Crippen LogP contribution in [-0.4, -0.2) is 53.6 Å². The van der Waals surface area contributed by atoms with Gasteiger partial charge in [-0.2, -0.15) is 0 Å². The molecule has 1 heterocycles. The highest BCUT2D eigenvalue weighted by Crippen LogP contribution is 2.24. The van der Waals surface area contributed by atoms with Crippen molar-refractivity contribution in [3.8, 4) is 0 Å². The summed E-state index contributed by atoms with van der Waals surface area (Å²) in [7, 11) is 1.85. The maximum absolute atomic E-state index is 12.9. The minimum absolute atomic E-state index is 0.0384. The van der Waals surface area contributed by atoms with Crippen molar-refractivity contribution in [2.75, 3.05) is 32.4 Å². The zero-order chi connectivity index (χ0) is 18.5. The first kappa shape index (κ1) is 18.4. The molecule has 3 rings (SSSR count).